The SMILES string of the molecule is CC(C)(C)CC(N)(O)c1cc(OC(=O)c2ccc(O)cc2)cc(OC(=O)c2ccc(O)cc2)c1.O=S(=O)(O)O. The molecule has 0 fully saturated rings. The van der Waals surface area contributed by atoms with Crippen LogP contribution in [0.4, 0.5) is 0 Å². The molecule has 0 saturated carbocycles. The van der Waals surface area contributed by atoms with E-state index in [1.165, 1.54) is 66.7 Å². The summed E-state index contributed by atoms with van der Waals surface area (Å²) in [5, 5.41) is 29.8. The van der Waals surface area contributed by atoms with Crippen LogP contribution in [-0.4, -0.2) is 44.8 Å². The number of aromatic hydroxyl groups is 2. The van der Waals surface area contributed by atoms with E-state index in [2.05, 4.69) is 0 Å². The Bertz CT molecular complexity index is 1320. The van der Waals surface area contributed by atoms with Gasteiger partial charge in [-0.15, -0.1) is 0 Å². The van der Waals surface area contributed by atoms with Gasteiger partial charge in [0.25, 0.3) is 0 Å². The molecule has 0 spiro atoms. The number of hydrogen-bond donors (Lipinski definition) is 6. The monoisotopic (exact) mass is 563 g/mol. The summed E-state index contributed by atoms with van der Waals surface area (Å²) in [5.41, 5.74) is 4.60. The summed E-state index contributed by atoms with van der Waals surface area (Å²) in [7, 11) is -4.67. The fraction of sp³-hybridized carbons (Fsp3) is 0.231. The smallest absolute Gasteiger partial charge is 0.394 e. The van der Waals surface area contributed by atoms with Crippen LogP contribution < -0.4 is 15.2 Å². The standard InChI is InChI=1S/C26H27NO7.H2O4S/c1-25(2,3)15-26(27,32)18-12-21(33-23(30)16-4-8-19(28)9-5-16)14-22(13-18)34-24(31)17-6-10-20(29)11-7-17;1-5(2,3)4/h4-14,28-29,32H,15,27H2,1-3H3;(H2,1,2,3,4). The molecular formula is C26H29NO11S. The highest BCUT2D eigenvalue weighted by Gasteiger charge is 2.31. The molecule has 0 aliphatic rings. The van der Waals surface area contributed by atoms with Crippen molar-refractivity contribution < 1.29 is 51.9 Å². The van der Waals surface area contributed by atoms with Crippen LogP contribution in [0.15, 0.2) is 66.7 Å². The van der Waals surface area contributed by atoms with Gasteiger partial charge in [-0.25, -0.2) is 9.59 Å². The molecule has 0 amide bonds. The Morgan fingerprint density at radius 3 is 1.41 bits per heavy atom. The van der Waals surface area contributed by atoms with Crippen molar-refractivity contribution in [3.8, 4) is 23.0 Å². The van der Waals surface area contributed by atoms with E-state index in [9.17, 15) is 24.9 Å². The Hall–Kier alpha value is -4.01. The number of aliphatic hydroxyl groups is 1. The average Bonchev–Trinajstić information content (AvgIpc) is 2.77. The molecule has 3 rings (SSSR count). The van der Waals surface area contributed by atoms with Crippen molar-refractivity contribution in [2.24, 2.45) is 11.1 Å². The molecule has 7 N–H and O–H groups in total. The molecule has 0 radical (unpaired) electrons. The molecule has 1 unspecified atom stereocenters. The summed E-state index contributed by atoms with van der Waals surface area (Å²) in [5.74, 6) is -1.44. The lowest BCUT2D eigenvalue weighted by Gasteiger charge is -2.31. The van der Waals surface area contributed by atoms with Gasteiger partial charge in [-0.2, -0.15) is 8.42 Å². The first-order valence-corrected chi connectivity index (χ1v) is 12.6. The lowest BCUT2D eigenvalue weighted by Crippen LogP contribution is -2.40. The topological polar surface area (TPSA) is 214 Å². The molecule has 12 nitrogen and oxygen atoms in total. The van der Waals surface area contributed by atoms with Crippen molar-refractivity contribution in [3.05, 3.63) is 83.4 Å². The Kier molecular flexibility index (Phi) is 9.79. The van der Waals surface area contributed by atoms with E-state index in [1.807, 2.05) is 20.8 Å². The number of phenols is 2. The summed E-state index contributed by atoms with van der Waals surface area (Å²) >= 11 is 0. The molecule has 3 aromatic rings. The van der Waals surface area contributed by atoms with Crippen molar-refractivity contribution in [1.29, 1.82) is 0 Å². The average molecular weight is 564 g/mol. The van der Waals surface area contributed by atoms with Gasteiger partial charge < -0.3 is 24.8 Å². The third kappa shape index (κ3) is 11.1. The first kappa shape index (κ1) is 31.2. The second kappa shape index (κ2) is 12.2. The van der Waals surface area contributed by atoms with Crippen LogP contribution in [0.3, 0.4) is 0 Å². The number of hydrogen-bond acceptors (Lipinski definition) is 10. The zero-order chi connectivity index (χ0) is 29.6. The maximum atomic E-state index is 12.6. The number of phenolic OH excluding ortho intramolecular Hbond substituents is 2. The van der Waals surface area contributed by atoms with Crippen LogP contribution in [-0.2, 0) is 16.1 Å². The van der Waals surface area contributed by atoms with Gasteiger partial charge in [-0.1, -0.05) is 20.8 Å². The first-order chi connectivity index (χ1) is 17.8. The van der Waals surface area contributed by atoms with Crippen molar-refractivity contribution in [1.82, 2.24) is 0 Å². The highest BCUT2D eigenvalue weighted by molar-refractivity contribution is 7.79. The number of benzene rings is 3. The van der Waals surface area contributed by atoms with Gasteiger partial charge in [0.1, 0.15) is 28.7 Å². The van der Waals surface area contributed by atoms with E-state index in [4.69, 9.17) is 32.7 Å². The molecule has 0 bridgehead atoms. The van der Waals surface area contributed by atoms with Crippen molar-refractivity contribution in [3.63, 3.8) is 0 Å². The quantitative estimate of drug-likeness (QED) is 0.110. The van der Waals surface area contributed by atoms with E-state index in [0.29, 0.717) is 0 Å². The van der Waals surface area contributed by atoms with Gasteiger partial charge in [0.15, 0.2) is 0 Å². The van der Waals surface area contributed by atoms with Gasteiger partial charge in [-0.3, -0.25) is 14.8 Å². The Morgan fingerprint density at radius 2 is 1.10 bits per heavy atom. The number of rotatable bonds is 6. The van der Waals surface area contributed by atoms with E-state index in [1.54, 1.807) is 0 Å². The van der Waals surface area contributed by atoms with Crippen LogP contribution in [0, 0.1) is 5.41 Å². The predicted octanol–water partition coefficient (Wildman–Crippen LogP) is 3.42. The first-order valence-electron chi connectivity index (χ1n) is 11.2. The molecule has 0 aliphatic heterocycles. The molecule has 0 aliphatic carbocycles. The number of carbonyl (C=O) groups excluding carboxylic acids is 2. The van der Waals surface area contributed by atoms with Crippen LogP contribution >= 0.6 is 0 Å². The van der Waals surface area contributed by atoms with Gasteiger partial charge in [0.05, 0.1) is 11.1 Å². The van der Waals surface area contributed by atoms with Gasteiger partial charge >= 0.3 is 22.3 Å². The minimum absolute atomic E-state index is 0.00173. The molecule has 13 heteroatoms. The van der Waals surface area contributed by atoms with Gasteiger partial charge in [-0.05, 0) is 72.5 Å². The maximum Gasteiger partial charge on any atom is 0.394 e. The second-order valence-electron chi connectivity index (χ2n) is 9.68. The fourth-order valence-electron chi connectivity index (χ4n) is 3.38. The van der Waals surface area contributed by atoms with E-state index >= 15 is 0 Å². The summed E-state index contributed by atoms with van der Waals surface area (Å²) in [4.78, 5) is 25.1. The van der Waals surface area contributed by atoms with Crippen molar-refractivity contribution in [2.75, 3.05) is 0 Å². The third-order valence-corrected chi connectivity index (χ3v) is 4.81. The van der Waals surface area contributed by atoms with Crippen molar-refractivity contribution >= 4 is 22.3 Å². The number of esters is 2. The lowest BCUT2D eigenvalue weighted by atomic mass is 9.83. The molecule has 0 aromatic heterocycles. The van der Waals surface area contributed by atoms with Gasteiger partial charge in [0.2, 0.25) is 0 Å². The minimum atomic E-state index is -4.67. The Labute approximate surface area is 224 Å². The van der Waals surface area contributed by atoms with E-state index < -0.39 is 28.1 Å². The van der Waals surface area contributed by atoms with E-state index in [-0.39, 0.29) is 51.5 Å². The normalized spacial score (nSPS) is 12.9. The Balaban J connectivity index is 0.000000976. The zero-order valence-corrected chi connectivity index (χ0v) is 22.0. The largest absolute Gasteiger partial charge is 0.508 e. The number of carbonyl (C=O) groups is 2. The van der Waals surface area contributed by atoms with Crippen LogP contribution in [0.25, 0.3) is 0 Å². The third-order valence-electron chi connectivity index (χ3n) is 4.81. The molecule has 3 aromatic carbocycles. The molecule has 39 heavy (non-hydrogen) atoms. The summed E-state index contributed by atoms with van der Waals surface area (Å²) in [6.45, 7) is 5.72. The molecule has 1 atom stereocenters. The maximum absolute atomic E-state index is 12.6. The van der Waals surface area contributed by atoms with Crippen LogP contribution in [0.2, 0.25) is 0 Å². The summed E-state index contributed by atoms with van der Waals surface area (Å²) < 4.78 is 42.5. The molecule has 0 heterocycles. The Morgan fingerprint density at radius 1 is 0.769 bits per heavy atom. The fourth-order valence-corrected chi connectivity index (χ4v) is 3.38. The highest BCUT2D eigenvalue weighted by Crippen LogP contribution is 2.35. The number of ether oxygens (including phenoxy) is 2. The molecule has 0 saturated heterocycles. The molecular weight excluding hydrogens is 534 g/mol. The number of nitrogens with two attached hydrogens (primary N) is 1. The zero-order valence-electron chi connectivity index (χ0n) is 21.2. The minimum Gasteiger partial charge on any atom is -0.508 e. The van der Waals surface area contributed by atoms with Crippen molar-refractivity contribution in [2.45, 2.75) is 32.9 Å². The summed E-state index contributed by atoms with van der Waals surface area (Å²) in [6.07, 6.45) is 0.167. The van der Waals surface area contributed by atoms with E-state index in [0.717, 1.165) is 0 Å². The van der Waals surface area contributed by atoms with Crippen LogP contribution in [0.1, 0.15) is 53.5 Å². The van der Waals surface area contributed by atoms with Gasteiger partial charge in [0, 0.05) is 11.6 Å². The van der Waals surface area contributed by atoms with Crippen LogP contribution in [0.5, 0.6) is 23.0 Å². The lowest BCUT2D eigenvalue weighted by molar-refractivity contribution is 0.00239. The second-order valence-corrected chi connectivity index (χ2v) is 10.6. The summed E-state index contributed by atoms with van der Waals surface area (Å²) in [6, 6.07) is 15.1. The predicted molar refractivity (Wildman–Crippen MR) is 139 cm³/mol. The molecule has 210 valence electrons. The highest BCUT2D eigenvalue weighted by atomic mass is 32.3.